The summed E-state index contributed by atoms with van der Waals surface area (Å²) in [4.78, 5) is 22.3. The number of aromatic nitrogens is 2. The van der Waals surface area contributed by atoms with Gasteiger partial charge in [-0.05, 0) is 38.0 Å². The molecule has 1 aromatic carbocycles. The topological polar surface area (TPSA) is 75.6 Å². The van der Waals surface area contributed by atoms with Gasteiger partial charge in [0.1, 0.15) is 23.8 Å². The first-order valence-corrected chi connectivity index (χ1v) is 8.52. The second-order valence-electron chi connectivity index (χ2n) is 6.32. The molecular formula is C18H20ClN3O3. The van der Waals surface area contributed by atoms with Crippen LogP contribution in [0.2, 0.25) is 5.02 Å². The van der Waals surface area contributed by atoms with Gasteiger partial charge in [-0.1, -0.05) is 17.7 Å². The lowest BCUT2D eigenvalue weighted by atomic mass is 9.93. The summed E-state index contributed by atoms with van der Waals surface area (Å²) in [6, 6.07) is 7.02. The van der Waals surface area contributed by atoms with E-state index in [1.165, 1.54) is 12.4 Å². The Hall–Kier alpha value is -2.18. The smallest absolute Gasteiger partial charge is 0.257 e. The highest BCUT2D eigenvalue weighted by molar-refractivity contribution is 6.30. The maximum absolute atomic E-state index is 12.6. The standard InChI is InChI=1S/C18H20ClN3O3/c1-13-20-9-14(10-21-13)17(23)22-7-3-6-18(24,11-22)12-25-16-5-2-4-15(19)8-16/h2,4-5,8-10,24H,3,6-7,11-12H2,1H3. The third-order valence-electron chi connectivity index (χ3n) is 4.17. The number of β-amino-alcohol motifs (C(OH)–C–C–N with tert-alkyl or cyclic N) is 1. The molecule has 2 heterocycles. The molecule has 132 valence electrons. The molecule has 1 aliphatic rings. The molecule has 0 bridgehead atoms. The van der Waals surface area contributed by atoms with Gasteiger partial charge in [-0.2, -0.15) is 0 Å². The van der Waals surface area contributed by atoms with Crippen molar-refractivity contribution in [2.45, 2.75) is 25.4 Å². The van der Waals surface area contributed by atoms with E-state index in [9.17, 15) is 9.90 Å². The minimum absolute atomic E-state index is 0.0987. The zero-order valence-corrected chi connectivity index (χ0v) is 14.7. The van der Waals surface area contributed by atoms with Crippen LogP contribution in [-0.2, 0) is 0 Å². The summed E-state index contributed by atoms with van der Waals surface area (Å²) < 4.78 is 5.68. The Morgan fingerprint density at radius 1 is 1.40 bits per heavy atom. The average Bonchev–Trinajstić information content (AvgIpc) is 2.60. The quantitative estimate of drug-likeness (QED) is 0.905. The summed E-state index contributed by atoms with van der Waals surface area (Å²) in [5.74, 6) is 1.03. The number of nitrogens with zero attached hydrogens (tertiary/aromatic N) is 3. The van der Waals surface area contributed by atoms with Crippen LogP contribution in [0.5, 0.6) is 5.75 Å². The minimum atomic E-state index is -1.10. The number of hydrogen-bond donors (Lipinski definition) is 1. The number of ether oxygens (including phenoxy) is 1. The number of halogens is 1. The van der Waals surface area contributed by atoms with Crippen molar-refractivity contribution < 1.29 is 14.6 Å². The summed E-state index contributed by atoms with van der Waals surface area (Å²) in [5.41, 5.74) is -0.674. The van der Waals surface area contributed by atoms with Gasteiger partial charge in [-0.25, -0.2) is 9.97 Å². The molecule has 1 fully saturated rings. The maximum atomic E-state index is 12.6. The number of aliphatic hydroxyl groups is 1. The summed E-state index contributed by atoms with van der Waals surface area (Å²) in [6.07, 6.45) is 4.30. The molecule has 25 heavy (non-hydrogen) atoms. The summed E-state index contributed by atoms with van der Waals surface area (Å²) >= 11 is 5.94. The molecule has 0 radical (unpaired) electrons. The lowest BCUT2D eigenvalue weighted by molar-refractivity contribution is -0.0532. The van der Waals surface area contributed by atoms with Crippen LogP contribution < -0.4 is 4.74 Å². The highest BCUT2D eigenvalue weighted by Crippen LogP contribution is 2.25. The lowest BCUT2D eigenvalue weighted by Crippen LogP contribution is -2.53. The first kappa shape index (κ1) is 17.6. The number of likely N-dealkylation sites (tertiary alicyclic amines) is 1. The third kappa shape index (κ3) is 4.46. The van der Waals surface area contributed by atoms with Crippen LogP contribution in [-0.4, -0.2) is 51.2 Å². The van der Waals surface area contributed by atoms with Crippen LogP contribution in [0.3, 0.4) is 0 Å². The van der Waals surface area contributed by atoms with Gasteiger partial charge in [0.25, 0.3) is 5.91 Å². The molecule has 0 saturated carbocycles. The molecule has 1 aromatic heterocycles. The predicted molar refractivity (Wildman–Crippen MR) is 93.8 cm³/mol. The highest BCUT2D eigenvalue weighted by Gasteiger charge is 2.36. The molecule has 0 spiro atoms. The monoisotopic (exact) mass is 361 g/mol. The average molecular weight is 362 g/mol. The van der Waals surface area contributed by atoms with Gasteiger partial charge in [-0.3, -0.25) is 4.79 Å². The normalized spacial score (nSPS) is 20.4. The maximum Gasteiger partial charge on any atom is 0.257 e. The molecule has 0 aliphatic carbocycles. The van der Waals surface area contributed by atoms with Gasteiger partial charge in [-0.15, -0.1) is 0 Å². The van der Waals surface area contributed by atoms with Crippen molar-refractivity contribution in [2.24, 2.45) is 0 Å². The van der Waals surface area contributed by atoms with Crippen LogP contribution in [0.15, 0.2) is 36.7 Å². The molecule has 1 saturated heterocycles. The van der Waals surface area contributed by atoms with E-state index < -0.39 is 5.60 Å². The number of benzene rings is 1. The number of piperidine rings is 1. The van der Waals surface area contributed by atoms with Crippen molar-refractivity contribution in [2.75, 3.05) is 19.7 Å². The van der Waals surface area contributed by atoms with Crippen LogP contribution in [0.1, 0.15) is 29.0 Å². The molecule has 7 heteroatoms. The summed E-state index contributed by atoms with van der Waals surface area (Å²) in [7, 11) is 0. The molecular weight excluding hydrogens is 342 g/mol. The Morgan fingerprint density at radius 2 is 2.16 bits per heavy atom. The zero-order valence-electron chi connectivity index (χ0n) is 14.0. The summed E-state index contributed by atoms with van der Waals surface area (Å²) in [5, 5.41) is 11.4. The van der Waals surface area contributed by atoms with Crippen molar-refractivity contribution in [1.29, 1.82) is 0 Å². The minimum Gasteiger partial charge on any atom is -0.490 e. The molecule has 2 aromatic rings. The molecule has 1 unspecified atom stereocenters. The Bertz CT molecular complexity index is 753. The van der Waals surface area contributed by atoms with Crippen molar-refractivity contribution in [1.82, 2.24) is 14.9 Å². The van der Waals surface area contributed by atoms with Crippen LogP contribution in [0, 0.1) is 6.92 Å². The molecule has 6 nitrogen and oxygen atoms in total. The van der Waals surface area contributed by atoms with Crippen molar-refractivity contribution in [3.8, 4) is 5.75 Å². The Morgan fingerprint density at radius 3 is 2.88 bits per heavy atom. The van der Waals surface area contributed by atoms with Crippen molar-refractivity contribution >= 4 is 17.5 Å². The van der Waals surface area contributed by atoms with Gasteiger partial charge in [0.2, 0.25) is 0 Å². The van der Waals surface area contributed by atoms with Gasteiger partial charge < -0.3 is 14.7 Å². The second kappa shape index (κ2) is 7.37. The Balaban J connectivity index is 1.65. The van der Waals surface area contributed by atoms with Crippen LogP contribution in [0.4, 0.5) is 0 Å². The molecule has 1 N–H and O–H groups in total. The fourth-order valence-corrected chi connectivity index (χ4v) is 3.04. The SMILES string of the molecule is Cc1ncc(C(=O)N2CCCC(O)(COc3cccc(Cl)c3)C2)cn1. The van der Waals surface area contributed by atoms with E-state index in [1.807, 2.05) is 0 Å². The third-order valence-corrected chi connectivity index (χ3v) is 4.41. The van der Waals surface area contributed by atoms with E-state index >= 15 is 0 Å². The van der Waals surface area contributed by atoms with Gasteiger partial charge in [0, 0.05) is 24.0 Å². The zero-order chi connectivity index (χ0) is 17.9. The van der Waals surface area contributed by atoms with E-state index in [0.29, 0.717) is 41.5 Å². The number of carbonyl (C=O) groups excluding carboxylic acids is 1. The Kier molecular flexibility index (Phi) is 5.20. The van der Waals surface area contributed by atoms with Crippen molar-refractivity contribution in [3.05, 3.63) is 53.1 Å². The number of hydrogen-bond acceptors (Lipinski definition) is 5. The number of aryl methyl sites for hydroxylation is 1. The van der Waals surface area contributed by atoms with Crippen LogP contribution in [0.25, 0.3) is 0 Å². The van der Waals surface area contributed by atoms with E-state index in [4.69, 9.17) is 16.3 Å². The summed E-state index contributed by atoms with van der Waals surface area (Å²) in [6.45, 7) is 2.66. The lowest BCUT2D eigenvalue weighted by Gasteiger charge is -2.38. The first-order chi connectivity index (χ1) is 12.0. The fraction of sp³-hybridized carbons (Fsp3) is 0.389. The molecule has 1 amide bonds. The van der Waals surface area contributed by atoms with E-state index in [1.54, 1.807) is 36.1 Å². The van der Waals surface area contributed by atoms with Gasteiger partial charge in [0.05, 0.1) is 12.1 Å². The van der Waals surface area contributed by atoms with E-state index in [-0.39, 0.29) is 19.1 Å². The van der Waals surface area contributed by atoms with Crippen LogP contribution >= 0.6 is 11.6 Å². The number of amides is 1. The molecule has 3 rings (SSSR count). The predicted octanol–water partition coefficient (Wildman–Crippen LogP) is 2.48. The largest absolute Gasteiger partial charge is 0.490 e. The highest BCUT2D eigenvalue weighted by atomic mass is 35.5. The molecule has 1 atom stereocenters. The number of rotatable bonds is 4. The van der Waals surface area contributed by atoms with E-state index in [0.717, 1.165) is 0 Å². The van der Waals surface area contributed by atoms with Gasteiger partial charge >= 0.3 is 0 Å². The fourth-order valence-electron chi connectivity index (χ4n) is 2.86. The first-order valence-electron chi connectivity index (χ1n) is 8.14. The second-order valence-corrected chi connectivity index (χ2v) is 6.76. The van der Waals surface area contributed by atoms with Gasteiger partial charge in [0.15, 0.2) is 0 Å². The number of carbonyl (C=O) groups is 1. The van der Waals surface area contributed by atoms with Crippen molar-refractivity contribution in [3.63, 3.8) is 0 Å². The Labute approximate surface area is 151 Å². The van der Waals surface area contributed by atoms with E-state index in [2.05, 4.69) is 9.97 Å². The molecule has 1 aliphatic heterocycles.